The lowest BCUT2D eigenvalue weighted by atomic mass is 10.00. The number of rotatable bonds is 3. The molecule has 27 heavy (non-hydrogen) atoms. The van der Waals surface area contributed by atoms with Crippen molar-refractivity contribution in [2.75, 3.05) is 0 Å². The van der Waals surface area contributed by atoms with E-state index in [1.807, 2.05) is 54.7 Å². The van der Waals surface area contributed by atoms with E-state index in [1.165, 1.54) is 6.20 Å². The molecule has 1 N–H and O–H groups in total. The second-order valence-electron chi connectivity index (χ2n) is 6.51. The van der Waals surface area contributed by atoms with Crippen LogP contribution in [-0.2, 0) is 6.54 Å². The van der Waals surface area contributed by atoms with Gasteiger partial charge in [0.2, 0.25) is 0 Å². The van der Waals surface area contributed by atoms with Crippen molar-refractivity contribution in [2.45, 2.75) is 6.54 Å². The highest BCUT2D eigenvalue weighted by Crippen LogP contribution is 2.28. The molecule has 0 amide bonds. The van der Waals surface area contributed by atoms with Gasteiger partial charge in [-0.25, -0.2) is 4.98 Å². The molecule has 3 aromatic carbocycles. The third-order valence-electron chi connectivity index (χ3n) is 4.82. The van der Waals surface area contributed by atoms with Gasteiger partial charge in [-0.05, 0) is 41.0 Å². The minimum atomic E-state index is -0.101. The highest BCUT2D eigenvalue weighted by atomic mass is 16.1. The topological polar surface area (TPSA) is 63.6 Å². The summed E-state index contributed by atoms with van der Waals surface area (Å²) < 4.78 is 1.76. The first kappa shape index (κ1) is 15.5. The first-order valence-corrected chi connectivity index (χ1v) is 8.75. The van der Waals surface area contributed by atoms with E-state index in [2.05, 4.69) is 33.4 Å². The van der Waals surface area contributed by atoms with Crippen molar-refractivity contribution in [3.05, 3.63) is 95.0 Å². The van der Waals surface area contributed by atoms with Crippen LogP contribution in [0, 0.1) is 0 Å². The highest BCUT2D eigenvalue weighted by Gasteiger charge is 2.08. The zero-order chi connectivity index (χ0) is 18.2. The van der Waals surface area contributed by atoms with Crippen LogP contribution in [-0.4, -0.2) is 19.7 Å². The third-order valence-corrected chi connectivity index (χ3v) is 4.82. The first-order chi connectivity index (χ1) is 13.3. The molecule has 0 saturated heterocycles. The minimum absolute atomic E-state index is 0.101. The lowest BCUT2D eigenvalue weighted by molar-refractivity contribution is 0.787. The van der Waals surface area contributed by atoms with E-state index in [9.17, 15) is 4.79 Å². The Kier molecular flexibility index (Phi) is 3.57. The van der Waals surface area contributed by atoms with Gasteiger partial charge in [-0.15, -0.1) is 0 Å². The Morgan fingerprint density at radius 2 is 1.81 bits per heavy atom. The Balaban J connectivity index is 1.61. The number of aromatic amines is 1. The minimum Gasteiger partial charge on any atom is -0.301 e. The van der Waals surface area contributed by atoms with Crippen molar-refractivity contribution in [1.29, 1.82) is 0 Å². The fourth-order valence-corrected chi connectivity index (χ4v) is 3.52. The van der Waals surface area contributed by atoms with Crippen LogP contribution in [0.3, 0.4) is 0 Å². The van der Waals surface area contributed by atoms with E-state index in [4.69, 9.17) is 0 Å². The van der Waals surface area contributed by atoms with E-state index in [-0.39, 0.29) is 5.56 Å². The standard InChI is InChI=1S/C22H16N4O/c27-22-13-23-20-8-1-2-10-21(20)26(22)14-15-5-3-6-16(11-15)17-7-4-9-19-18(17)12-24-25-19/h1-13H,14H2,(H,24,25). The summed E-state index contributed by atoms with van der Waals surface area (Å²) in [5.74, 6) is 0. The van der Waals surface area contributed by atoms with Gasteiger partial charge in [0, 0.05) is 5.39 Å². The Morgan fingerprint density at radius 1 is 0.926 bits per heavy atom. The van der Waals surface area contributed by atoms with Crippen molar-refractivity contribution < 1.29 is 0 Å². The number of fused-ring (bicyclic) bond motifs is 2. The highest BCUT2D eigenvalue weighted by molar-refractivity contribution is 5.94. The molecule has 5 aromatic rings. The Labute approximate surface area is 154 Å². The second kappa shape index (κ2) is 6.21. The quantitative estimate of drug-likeness (QED) is 0.534. The summed E-state index contributed by atoms with van der Waals surface area (Å²) in [6, 6.07) is 22.1. The number of hydrogen-bond acceptors (Lipinski definition) is 3. The van der Waals surface area contributed by atoms with Crippen molar-refractivity contribution >= 4 is 21.9 Å². The number of hydrogen-bond donors (Lipinski definition) is 1. The van der Waals surface area contributed by atoms with Crippen LogP contribution >= 0.6 is 0 Å². The smallest absolute Gasteiger partial charge is 0.269 e. The van der Waals surface area contributed by atoms with Crippen LogP contribution in [0.5, 0.6) is 0 Å². The van der Waals surface area contributed by atoms with Gasteiger partial charge in [-0.2, -0.15) is 5.10 Å². The van der Waals surface area contributed by atoms with Crippen molar-refractivity contribution in [3.8, 4) is 11.1 Å². The van der Waals surface area contributed by atoms with Gasteiger partial charge in [0.05, 0.1) is 35.5 Å². The molecule has 130 valence electrons. The number of H-pyrrole nitrogens is 1. The zero-order valence-corrected chi connectivity index (χ0v) is 14.5. The summed E-state index contributed by atoms with van der Waals surface area (Å²) in [4.78, 5) is 16.7. The van der Waals surface area contributed by atoms with E-state index in [1.54, 1.807) is 4.57 Å². The van der Waals surface area contributed by atoms with Gasteiger partial charge in [0.15, 0.2) is 0 Å². The van der Waals surface area contributed by atoms with E-state index >= 15 is 0 Å². The molecular formula is C22H16N4O. The Bertz CT molecular complexity index is 1330. The lowest BCUT2D eigenvalue weighted by Gasteiger charge is -2.11. The molecule has 5 heteroatoms. The third kappa shape index (κ3) is 2.69. The predicted octanol–water partition coefficient (Wildman–Crippen LogP) is 3.99. The molecule has 2 heterocycles. The molecule has 0 saturated carbocycles. The van der Waals surface area contributed by atoms with Gasteiger partial charge in [0.1, 0.15) is 0 Å². The number of benzene rings is 3. The molecule has 0 unspecified atom stereocenters. The second-order valence-corrected chi connectivity index (χ2v) is 6.51. The molecule has 0 spiro atoms. The van der Waals surface area contributed by atoms with Crippen LogP contribution in [0.25, 0.3) is 33.1 Å². The zero-order valence-electron chi connectivity index (χ0n) is 14.5. The number of aromatic nitrogens is 4. The van der Waals surface area contributed by atoms with Crippen LogP contribution < -0.4 is 5.56 Å². The monoisotopic (exact) mass is 352 g/mol. The summed E-state index contributed by atoms with van der Waals surface area (Å²) in [5, 5.41) is 8.24. The SMILES string of the molecule is O=c1cnc2ccccc2n1Cc1cccc(-c2cccc3[nH]ncc23)c1. The fourth-order valence-electron chi connectivity index (χ4n) is 3.52. The average Bonchev–Trinajstić information content (AvgIpc) is 3.19. The van der Waals surface area contributed by atoms with Gasteiger partial charge in [0.25, 0.3) is 5.56 Å². The maximum Gasteiger partial charge on any atom is 0.269 e. The molecule has 0 atom stereocenters. The molecule has 5 rings (SSSR count). The van der Waals surface area contributed by atoms with Crippen LogP contribution in [0.2, 0.25) is 0 Å². The molecule has 5 nitrogen and oxygen atoms in total. The van der Waals surface area contributed by atoms with Gasteiger partial charge < -0.3 is 4.57 Å². The van der Waals surface area contributed by atoms with Crippen molar-refractivity contribution in [2.24, 2.45) is 0 Å². The largest absolute Gasteiger partial charge is 0.301 e. The molecule has 0 aliphatic heterocycles. The molecule has 0 aliphatic carbocycles. The van der Waals surface area contributed by atoms with Crippen LogP contribution in [0.1, 0.15) is 5.56 Å². The van der Waals surface area contributed by atoms with E-state index in [0.29, 0.717) is 6.54 Å². The summed E-state index contributed by atoms with van der Waals surface area (Å²) >= 11 is 0. The first-order valence-electron chi connectivity index (χ1n) is 8.75. The Hall–Kier alpha value is -3.73. The molecule has 0 fully saturated rings. The van der Waals surface area contributed by atoms with E-state index < -0.39 is 0 Å². The number of nitrogens with zero attached hydrogens (tertiary/aromatic N) is 3. The van der Waals surface area contributed by atoms with E-state index in [0.717, 1.165) is 38.6 Å². The molecule has 0 radical (unpaired) electrons. The molecule has 0 aliphatic rings. The average molecular weight is 352 g/mol. The fraction of sp³-hybridized carbons (Fsp3) is 0.0455. The molecule has 0 bridgehead atoms. The maximum absolute atomic E-state index is 12.4. The summed E-state index contributed by atoms with van der Waals surface area (Å²) in [5.41, 5.74) is 5.85. The predicted molar refractivity (Wildman–Crippen MR) is 107 cm³/mol. The number of para-hydroxylation sites is 2. The Morgan fingerprint density at radius 3 is 2.78 bits per heavy atom. The maximum atomic E-state index is 12.4. The summed E-state index contributed by atoms with van der Waals surface area (Å²) in [6.45, 7) is 0.497. The normalized spacial score (nSPS) is 11.3. The van der Waals surface area contributed by atoms with Gasteiger partial charge >= 0.3 is 0 Å². The van der Waals surface area contributed by atoms with Crippen LogP contribution in [0.4, 0.5) is 0 Å². The summed E-state index contributed by atoms with van der Waals surface area (Å²) in [7, 11) is 0. The van der Waals surface area contributed by atoms with Crippen molar-refractivity contribution in [1.82, 2.24) is 19.7 Å². The lowest BCUT2D eigenvalue weighted by Crippen LogP contribution is -2.21. The van der Waals surface area contributed by atoms with Gasteiger partial charge in [-0.1, -0.05) is 42.5 Å². The molecule has 2 aromatic heterocycles. The van der Waals surface area contributed by atoms with Crippen molar-refractivity contribution in [3.63, 3.8) is 0 Å². The summed E-state index contributed by atoms with van der Waals surface area (Å²) in [6.07, 6.45) is 3.23. The van der Waals surface area contributed by atoms with Crippen LogP contribution in [0.15, 0.2) is 83.9 Å². The number of nitrogens with one attached hydrogen (secondary N) is 1. The van der Waals surface area contributed by atoms with Gasteiger partial charge in [-0.3, -0.25) is 9.89 Å². The molecular weight excluding hydrogens is 336 g/mol.